The summed E-state index contributed by atoms with van der Waals surface area (Å²) in [4.78, 5) is 26.9. The Labute approximate surface area is 126 Å². The van der Waals surface area contributed by atoms with Crippen molar-refractivity contribution >= 4 is 11.9 Å². The Kier molecular flexibility index (Phi) is 6.84. The molecule has 1 amide bonds. The summed E-state index contributed by atoms with van der Waals surface area (Å²) in [6, 6.07) is -0.570. The molecule has 0 radical (unpaired) electrons. The minimum atomic E-state index is -0.840. The number of carboxylic acid groups (broad SMARTS) is 1. The second-order valence-corrected chi connectivity index (χ2v) is 5.76. The fraction of sp³-hybridized carbons (Fsp3) is 0.733. The topological polar surface area (TPSA) is 72.9 Å². The molecule has 1 aliphatic heterocycles. The molecule has 3 atom stereocenters. The van der Waals surface area contributed by atoms with Crippen LogP contribution in [0.4, 0.5) is 0 Å². The summed E-state index contributed by atoms with van der Waals surface area (Å²) in [5.74, 6) is -0.831. The van der Waals surface area contributed by atoms with Gasteiger partial charge in [-0.05, 0) is 32.4 Å². The molecule has 0 aliphatic carbocycles. The van der Waals surface area contributed by atoms with Crippen molar-refractivity contribution in [3.63, 3.8) is 0 Å². The van der Waals surface area contributed by atoms with Gasteiger partial charge in [0.15, 0.2) is 0 Å². The number of rotatable bonds is 8. The maximum Gasteiger partial charge on any atom is 0.321 e. The van der Waals surface area contributed by atoms with Gasteiger partial charge in [0.2, 0.25) is 5.91 Å². The molecule has 1 rings (SSSR count). The monoisotopic (exact) mass is 297 g/mol. The highest BCUT2D eigenvalue weighted by molar-refractivity contribution is 5.75. The summed E-state index contributed by atoms with van der Waals surface area (Å²) in [5.41, 5.74) is 0. The zero-order chi connectivity index (χ0) is 16.0. The van der Waals surface area contributed by atoms with Gasteiger partial charge in [0.05, 0.1) is 6.17 Å². The summed E-state index contributed by atoms with van der Waals surface area (Å²) in [6.45, 7) is 9.45. The predicted octanol–water partition coefficient (Wildman–Crippen LogP) is 0.752. The molecule has 120 valence electrons. The van der Waals surface area contributed by atoms with Crippen molar-refractivity contribution in [2.24, 2.45) is 5.92 Å². The Morgan fingerprint density at radius 3 is 2.71 bits per heavy atom. The fourth-order valence-electron chi connectivity index (χ4n) is 2.89. The van der Waals surface area contributed by atoms with Crippen LogP contribution in [0.3, 0.4) is 0 Å². The third-order valence-corrected chi connectivity index (χ3v) is 3.85. The largest absolute Gasteiger partial charge is 0.480 e. The van der Waals surface area contributed by atoms with Crippen LogP contribution in [0.25, 0.3) is 0 Å². The summed E-state index contributed by atoms with van der Waals surface area (Å²) in [6.07, 6.45) is 3.08. The van der Waals surface area contributed by atoms with E-state index in [0.29, 0.717) is 19.5 Å². The average Bonchev–Trinajstić information content (AvgIpc) is 2.82. The van der Waals surface area contributed by atoms with Gasteiger partial charge in [-0.25, -0.2) is 0 Å². The number of hydrogen-bond acceptors (Lipinski definition) is 4. The molecule has 6 nitrogen and oxygen atoms in total. The Hall–Kier alpha value is -1.40. The first-order valence-corrected chi connectivity index (χ1v) is 7.45. The predicted molar refractivity (Wildman–Crippen MR) is 81.8 cm³/mol. The van der Waals surface area contributed by atoms with E-state index in [-0.39, 0.29) is 18.0 Å². The maximum atomic E-state index is 11.5. The zero-order valence-corrected chi connectivity index (χ0v) is 13.2. The van der Waals surface area contributed by atoms with Crippen LogP contribution < -0.4 is 5.32 Å². The molecule has 21 heavy (non-hydrogen) atoms. The first kappa shape index (κ1) is 17.7. The molecule has 0 aromatic heterocycles. The van der Waals surface area contributed by atoms with Gasteiger partial charge in [0.25, 0.3) is 0 Å². The third-order valence-electron chi connectivity index (χ3n) is 3.85. The lowest BCUT2D eigenvalue weighted by Gasteiger charge is -2.34. The van der Waals surface area contributed by atoms with Gasteiger partial charge < -0.3 is 15.3 Å². The van der Waals surface area contributed by atoms with Gasteiger partial charge in [0, 0.05) is 20.0 Å². The van der Waals surface area contributed by atoms with Crippen molar-refractivity contribution in [3.05, 3.63) is 12.7 Å². The summed E-state index contributed by atoms with van der Waals surface area (Å²) < 4.78 is 0. The quantitative estimate of drug-likeness (QED) is 0.647. The van der Waals surface area contributed by atoms with Crippen molar-refractivity contribution in [1.82, 2.24) is 15.1 Å². The highest BCUT2D eigenvalue weighted by atomic mass is 16.4. The van der Waals surface area contributed by atoms with Gasteiger partial charge in [-0.15, -0.1) is 6.58 Å². The van der Waals surface area contributed by atoms with Crippen LogP contribution in [-0.2, 0) is 9.59 Å². The van der Waals surface area contributed by atoms with Crippen LogP contribution in [-0.4, -0.2) is 65.7 Å². The number of carboxylic acids is 1. The molecule has 3 unspecified atom stereocenters. The van der Waals surface area contributed by atoms with Gasteiger partial charge >= 0.3 is 5.97 Å². The number of amides is 1. The van der Waals surface area contributed by atoms with Crippen LogP contribution in [0.2, 0.25) is 0 Å². The van der Waals surface area contributed by atoms with E-state index in [1.54, 1.807) is 6.08 Å². The van der Waals surface area contributed by atoms with Crippen LogP contribution in [0.1, 0.15) is 26.7 Å². The second kappa shape index (κ2) is 8.14. The normalized spacial score (nSPS) is 24.0. The Morgan fingerprint density at radius 2 is 2.24 bits per heavy atom. The standard InChI is InChI=1S/C15H27N3O3/c1-5-7-17(4)10-14(16-11(3)19)18-9-12(6-2)8-13(18)15(20)21/h6,12-14H,2,5,7-10H2,1,3-4H3,(H,16,19)(H,20,21). The molecule has 0 aromatic rings. The summed E-state index contributed by atoms with van der Waals surface area (Å²) in [7, 11) is 1.98. The Balaban J connectivity index is 2.86. The van der Waals surface area contributed by atoms with Crippen LogP contribution in [0.5, 0.6) is 0 Å². The fourth-order valence-corrected chi connectivity index (χ4v) is 2.89. The number of likely N-dealkylation sites (N-methyl/N-ethyl adjacent to an activating group) is 1. The first-order valence-electron chi connectivity index (χ1n) is 7.45. The molecular weight excluding hydrogens is 270 g/mol. The van der Waals surface area contributed by atoms with Gasteiger partial charge in [-0.2, -0.15) is 0 Å². The minimum absolute atomic E-state index is 0.143. The summed E-state index contributed by atoms with van der Waals surface area (Å²) in [5, 5.41) is 12.3. The SMILES string of the molecule is C=CC1CC(C(=O)O)N(C(CN(C)CCC)NC(C)=O)C1. The van der Waals surface area contributed by atoms with Crippen LogP contribution in [0.15, 0.2) is 12.7 Å². The number of aliphatic carboxylic acids is 1. The molecule has 1 fully saturated rings. The molecule has 2 N–H and O–H groups in total. The van der Waals surface area contributed by atoms with Crippen molar-refractivity contribution in [3.8, 4) is 0 Å². The molecule has 0 bridgehead atoms. The Bertz CT molecular complexity index is 386. The average molecular weight is 297 g/mol. The lowest BCUT2D eigenvalue weighted by Crippen LogP contribution is -2.56. The number of nitrogens with zero attached hydrogens (tertiary/aromatic N) is 2. The molecular formula is C15H27N3O3. The van der Waals surface area contributed by atoms with Gasteiger partial charge in [-0.3, -0.25) is 14.5 Å². The van der Waals surface area contributed by atoms with Crippen molar-refractivity contribution in [2.45, 2.75) is 38.9 Å². The summed E-state index contributed by atoms with van der Waals surface area (Å²) >= 11 is 0. The molecule has 1 saturated heterocycles. The number of hydrogen-bond donors (Lipinski definition) is 2. The molecule has 1 heterocycles. The number of carbonyl (C=O) groups is 2. The van der Waals surface area contributed by atoms with E-state index in [2.05, 4.69) is 23.7 Å². The highest BCUT2D eigenvalue weighted by Crippen LogP contribution is 2.26. The van der Waals surface area contributed by atoms with E-state index in [4.69, 9.17) is 0 Å². The minimum Gasteiger partial charge on any atom is -0.480 e. The molecule has 0 aromatic carbocycles. The molecule has 0 spiro atoms. The second-order valence-electron chi connectivity index (χ2n) is 5.76. The van der Waals surface area contributed by atoms with Crippen molar-refractivity contribution in [2.75, 3.05) is 26.7 Å². The Morgan fingerprint density at radius 1 is 1.57 bits per heavy atom. The van der Waals surface area contributed by atoms with Crippen LogP contribution in [0, 0.1) is 5.92 Å². The first-order chi connectivity index (χ1) is 9.88. The van der Waals surface area contributed by atoms with E-state index in [1.807, 2.05) is 11.9 Å². The van der Waals surface area contributed by atoms with Gasteiger partial charge in [0.1, 0.15) is 6.04 Å². The third kappa shape index (κ3) is 5.13. The smallest absolute Gasteiger partial charge is 0.321 e. The lowest BCUT2D eigenvalue weighted by molar-refractivity contribution is -0.144. The maximum absolute atomic E-state index is 11.5. The number of carbonyl (C=O) groups excluding carboxylic acids is 1. The van der Waals surface area contributed by atoms with E-state index >= 15 is 0 Å². The van der Waals surface area contributed by atoms with Gasteiger partial charge in [-0.1, -0.05) is 13.0 Å². The van der Waals surface area contributed by atoms with E-state index in [1.165, 1.54) is 6.92 Å². The highest BCUT2D eigenvalue weighted by Gasteiger charge is 2.39. The number of nitrogens with one attached hydrogen (secondary N) is 1. The zero-order valence-electron chi connectivity index (χ0n) is 13.2. The van der Waals surface area contributed by atoms with Crippen molar-refractivity contribution < 1.29 is 14.7 Å². The number of likely N-dealkylation sites (tertiary alicyclic amines) is 1. The van der Waals surface area contributed by atoms with Crippen LogP contribution >= 0.6 is 0 Å². The van der Waals surface area contributed by atoms with E-state index in [0.717, 1.165) is 13.0 Å². The molecule has 0 saturated carbocycles. The molecule has 1 aliphatic rings. The van der Waals surface area contributed by atoms with E-state index < -0.39 is 12.0 Å². The van der Waals surface area contributed by atoms with E-state index in [9.17, 15) is 14.7 Å². The molecule has 6 heteroatoms. The lowest BCUT2D eigenvalue weighted by atomic mass is 10.1. The van der Waals surface area contributed by atoms with Crippen molar-refractivity contribution in [1.29, 1.82) is 0 Å².